The van der Waals surface area contributed by atoms with Crippen LogP contribution < -0.4 is 4.23 Å². The monoisotopic (exact) mass is 243 g/mol. The molecule has 0 aliphatic heterocycles. The number of carbonyl (C=O) groups is 1. The third-order valence-electron chi connectivity index (χ3n) is 1.48. The van der Waals surface area contributed by atoms with E-state index in [0.29, 0.717) is 0 Å². The molecule has 0 aliphatic carbocycles. The summed E-state index contributed by atoms with van der Waals surface area (Å²) in [5.74, 6) is -0.0000463. The second-order valence-electron chi connectivity index (χ2n) is 2.17. The van der Waals surface area contributed by atoms with Crippen LogP contribution in [0.5, 0.6) is 0 Å². The van der Waals surface area contributed by atoms with Crippen LogP contribution in [0, 0.1) is 0 Å². The molecule has 0 aromatic heterocycles. The molecule has 0 fully saturated rings. The van der Waals surface area contributed by atoms with E-state index >= 15 is 0 Å². The van der Waals surface area contributed by atoms with Crippen LogP contribution in [0.2, 0.25) is 0 Å². The summed E-state index contributed by atoms with van der Waals surface area (Å²) >= 11 is 2.80. The molecular formula is C8H10AsNOS. The Kier molecular flexibility index (Phi) is 3.70. The zero-order valence-electron chi connectivity index (χ0n) is 6.70. The Morgan fingerprint density at radius 1 is 1.50 bits per heavy atom. The summed E-state index contributed by atoms with van der Waals surface area (Å²) in [6.45, 7) is 0. The number of rotatable bonds is 2. The second kappa shape index (κ2) is 4.58. The Morgan fingerprint density at radius 3 is 2.75 bits per heavy atom. The van der Waals surface area contributed by atoms with E-state index in [1.54, 1.807) is 11.8 Å². The Hall–Kier alpha value is -0.402. The average molecular weight is 243 g/mol. The molecule has 1 atom stereocenters. The van der Waals surface area contributed by atoms with Crippen LogP contribution in [0.1, 0.15) is 10.4 Å². The van der Waals surface area contributed by atoms with Crippen molar-refractivity contribution >= 4 is 34.7 Å². The van der Waals surface area contributed by atoms with Crippen molar-refractivity contribution in [3.05, 3.63) is 29.8 Å². The van der Waals surface area contributed by atoms with Gasteiger partial charge in [0.05, 0.1) is 0 Å². The minimum atomic E-state index is -0.0000463. The van der Waals surface area contributed by atoms with Crippen LogP contribution in [0.15, 0.2) is 29.2 Å². The van der Waals surface area contributed by atoms with E-state index in [9.17, 15) is 4.79 Å². The summed E-state index contributed by atoms with van der Waals surface area (Å²) < 4.78 is 2.67. The Labute approximate surface area is 84.8 Å². The van der Waals surface area contributed by atoms with E-state index < -0.39 is 0 Å². The first kappa shape index (κ1) is 9.68. The summed E-state index contributed by atoms with van der Waals surface area (Å²) in [6, 6.07) is 7.59. The summed E-state index contributed by atoms with van der Waals surface area (Å²) in [5.41, 5.74) is 0.759. The van der Waals surface area contributed by atoms with Gasteiger partial charge in [-0.1, -0.05) is 0 Å². The summed E-state index contributed by atoms with van der Waals surface area (Å²) in [7, 11) is 0. The van der Waals surface area contributed by atoms with Gasteiger partial charge in [-0.2, -0.15) is 0 Å². The third kappa shape index (κ3) is 2.05. The molecule has 0 heterocycles. The van der Waals surface area contributed by atoms with Gasteiger partial charge < -0.3 is 0 Å². The molecular weight excluding hydrogens is 233 g/mol. The molecule has 1 amide bonds. The van der Waals surface area contributed by atoms with Gasteiger partial charge in [-0.3, -0.25) is 0 Å². The van der Waals surface area contributed by atoms with Crippen molar-refractivity contribution in [2.75, 3.05) is 6.26 Å². The molecule has 4 heteroatoms. The average Bonchev–Trinajstić information content (AvgIpc) is 2.16. The molecule has 1 rings (SSSR count). The maximum atomic E-state index is 11.3. The fourth-order valence-corrected chi connectivity index (χ4v) is 1.83. The van der Waals surface area contributed by atoms with Crippen LogP contribution >= 0.6 is 11.8 Å². The van der Waals surface area contributed by atoms with Gasteiger partial charge in [-0.25, -0.2) is 0 Å². The Balaban J connectivity index is 3.04. The van der Waals surface area contributed by atoms with E-state index in [1.807, 2.05) is 30.5 Å². The molecule has 0 spiro atoms. The van der Waals surface area contributed by atoms with Crippen LogP contribution in [-0.2, 0) is 0 Å². The molecule has 12 heavy (non-hydrogen) atoms. The molecule has 0 saturated carbocycles. The quantitative estimate of drug-likeness (QED) is 0.611. The van der Waals surface area contributed by atoms with Crippen LogP contribution in [0.25, 0.3) is 0 Å². The van der Waals surface area contributed by atoms with Gasteiger partial charge in [-0.05, 0) is 0 Å². The molecule has 1 aromatic carbocycles. The number of nitrogens with one attached hydrogen (secondary N) is 1. The molecule has 0 aliphatic rings. The van der Waals surface area contributed by atoms with Crippen LogP contribution in [-0.4, -0.2) is 29.2 Å². The van der Waals surface area contributed by atoms with Crippen molar-refractivity contribution in [3.63, 3.8) is 0 Å². The molecule has 1 unspecified atom stereocenters. The number of hydrogen-bond acceptors (Lipinski definition) is 2. The summed E-state index contributed by atoms with van der Waals surface area (Å²) in [6.07, 6.45) is 1.97. The van der Waals surface area contributed by atoms with Gasteiger partial charge in [0.2, 0.25) is 0 Å². The first-order valence-electron chi connectivity index (χ1n) is 3.43. The van der Waals surface area contributed by atoms with E-state index in [0.717, 1.165) is 10.5 Å². The fourth-order valence-electron chi connectivity index (χ4n) is 0.910. The normalized spacial score (nSPS) is 9.50. The number of carbonyl (C=O) groups excluding carboxylic acids is 1. The van der Waals surface area contributed by atoms with Gasteiger partial charge in [0, 0.05) is 0 Å². The van der Waals surface area contributed by atoms with Crippen molar-refractivity contribution in [3.8, 4) is 0 Å². The van der Waals surface area contributed by atoms with Crippen LogP contribution in [0.3, 0.4) is 0 Å². The molecule has 1 N–H and O–H groups in total. The van der Waals surface area contributed by atoms with Crippen LogP contribution in [0.4, 0.5) is 0 Å². The zero-order chi connectivity index (χ0) is 8.97. The summed E-state index contributed by atoms with van der Waals surface area (Å²) in [5, 5.41) is 0. The van der Waals surface area contributed by atoms with Gasteiger partial charge in [0.25, 0.3) is 0 Å². The minimum absolute atomic E-state index is 0.0000463. The molecule has 0 bridgehead atoms. The number of benzene rings is 1. The van der Waals surface area contributed by atoms with Gasteiger partial charge in [0.15, 0.2) is 0 Å². The molecule has 64 valence electrons. The number of hydrogen-bond donors (Lipinski definition) is 1. The van der Waals surface area contributed by atoms with E-state index in [4.69, 9.17) is 0 Å². The molecule has 0 saturated heterocycles. The van der Waals surface area contributed by atoms with Gasteiger partial charge in [0.1, 0.15) is 0 Å². The van der Waals surface area contributed by atoms with Crippen molar-refractivity contribution < 1.29 is 4.79 Å². The predicted molar refractivity (Wildman–Crippen MR) is 54.2 cm³/mol. The van der Waals surface area contributed by atoms with Crippen molar-refractivity contribution in [2.24, 2.45) is 0 Å². The maximum absolute atomic E-state index is 11.3. The van der Waals surface area contributed by atoms with Crippen molar-refractivity contribution in [1.82, 2.24) is 4.23 Å². The third-order valence-corrected chi connectivity index (χ3v) is 2.83. The first-order valence-corrected chi connectivity index (χ1v) is 5.87. The SMILES string of the molecule is CSc1ccccc1C(=O)N[AsH2]. The van der Waals surface area contributed by atoms with Crippen molar-refractivity contribution in [1.29, 1.82) is 0 Å². The molecule has 0 radical (unpaired) electrons. The van der Waals surface area contributed by atoms with E-state index in [2.05, 4.69) is 4.23 Å². The fraction of sp³-hybridized carbons (Fsp3) is 0.125. The van der Waals surface area contributed by atoms with Gasteiger partial charge in [-0.15, -0.1) is 0 Å². The standard InChI is InChI=1S/C8H10AsNOS/c1-12-7-5-3-2-4-6(7)8(11)10-9/h2-5H,9H2,1H3,(H,10,11). The molecule has 2 nitrogen and oxygen atoms in total. The zero-order valence-corrected chi connectivity index (χ0v) is 9.94. The second-order valence-corrected chi connectivity index (χ2v) is 3.63. The summed E-state index contributed by atoms with van der Waals surface area (Å²) in [4.78, 5) is 12.3. The van der Waals surface area contributed by atoms with E-state index in [1.165, 1.54) is 17.1 Å². The van der Waals surface area contributed by atoms with Gasteiger partial charge >= 0.3 is 84.8 Å². The molecule has 1 aromatic rings. The Morgan fingerprint density at radius 2 is 2.17 bits per heavy atom. The number of thioether (sulfide) groups is 1. The van der Waals surface area contributed by atoms with E-state index in [-0.39, 0.29) is 5.91 Å². The Bertz CT molecular complexity index is 290. The van der Waals surface area contributed by atoms with Crippen molar-refractivity contribution in [2.45, 2.75) is 4.90 Å². The number of amides is 1. The topological polar surface area (TPSA) is 29.1 Å². The predicted octanol–water partition coefficient (Wildman–Crippen LogP) is 0.686. The first-order chi connectivity index (χ1) is 5.79.